The second-order valence-corrected chi connectivity index (χ2v) is 10.3. The zero-order chi connectivity index (χ0) is 22.9. The zero-order valence-electron chi connectivity index (χ0n) is 16.6. The first kappa shape index (κ1) is 24.1. The maximum Gasteiger partial charge on any atom is 0.235 e. The molecule has 0 radical (unpaired) electrons. The van der Waals surface area contributed by atoms with Gasteiger partial charge in [0.1, 0.15) is 5.82 Å². The summed E-state index contributed by atoms with van der Waals surface area (Å²) in [5.74, 6) is -3.48. The second-order valence-electron chi connectivity index (χ2n) is 7.31. The Morgan fingerprint density at radius 3 is 2.35 bits per heavy atom. The van der Waals surface area contributed by atoms with Gasteiger partial charge in [-0.05, 0) is 54.0 Å². The lowest BCUT2D eigenvalue weighted by Gasteiger charge is -2.21. The minimum Gasteiger partial charge on any atom is -0.394 e. The minimum absolute atomic E-state index is 0.0686. The van der Waals surface area contributed by atoms with Crippen LogP contribution in [-0.4, -0.2) is 36.6 Å². The van der Waals surface area contributed by atoms with Gasteiger partial charge in [-0.3, -0.25) is 4.72 Å². The molecule has 11 heteroatoms. The molecule has 1 aliphatic carbocycles. The van der Waals surface area contributed by atoms with Crippen molar-refractivity contribution < 1.29 is 31.8 Å². The maximum atomic E-state index is 14.7. The van der Waals surface area contributed by atoms with Crippen molar-refractivity contribution in [3.63, 3.8) is 0 Å². The lowest BCUT2D eigenvalue weighted by Crippen LogP contribution is -2.21. The van der Waals surface area contributed by atoms with E-state index >= 15 is 0 Å². The molecule has 0 aliphatic heterocycles. The van der Waals surface area contributed by atoms with Gasteiger partial charge in [-0.25, -0.2) is 21.6 Å². The highest BCUT2D eigenvalue weighted by atomic mass is 127. The Kier molecular flexibility index (Phi) is 7.39. The van der Waals surface area contributed by atoms with Gasteiger partial charge in [0.25, 0.3) is 0 Å². The number of halogens is 4. The summed E-state index contributed by atoms with van der Waals surface area (Å²) < 4.78 is 70.3. The van der Waals surface area contributed by atoms with Crippen LogP contribution in [0.2, 0.25) is 0 Å². The number of aliphatic hydroxyl groups excluding tert-OH is 2. The molecule has 0 aromatic heterocycles. The van der Waals surface area contributed by atoms with Gasteiger partial charge in [-0.1, -0.05) is 13.0 Å². The third-order valence-corrected chi connectivity index (χ3v) is 7.82. The standard InChI is InChI=1S/C20H22F3IN2O4S/c1-2-12-16(21)19(24)17(22)18(23)20(12)25-14-4-3-5-15(13(14)8-10(28)9-27)26-31(29,30)11-6-7-11/h3-5,10-11,25-28H,2,6-9H2,1H3. The first-order valence-corrected chi connectivity index (χ1v) is 12.3. The van der Waals surface area contributed by atoms with Crippen LogP contribution >= 0.6 is 22.6 Å². The predicted molar refractivity (Wildman–Crippen MR) is 120 cm³/mol. The molecule has 1 saturated carbocycles. The summed E-state index contributed by atoms with van der Waals surface area (Å²) in [6.45, 7) is 0.998. The van der Waals surface area contributed by atoms with E-state index in [9.17, 15) is 31.8 Å². The van der Waals surface area contributed by atoms with Crippen LogP contribution in [0.25, 0.3) is 0 Å². The minimum atomic E-state index is -3.65. The van der Waals surface area contributed by atoms with E-state index in [1.54, 1.807) is 6.92 Å². The fraction of sp³-hybridized carbons (Fsp3) is 0.400. The Balaban J connectivity index is 2.10. The van der Waals surface area contributed by atoms with Crippen LogP contribution in [0.15, 0.2) is 18.2 Å². The van der Waals surface area contributed by atoms with E-state index in [4.69, 9.17) is 0 Å². The van der Waals surface area contributed by atoms with Gasteiger partial charge in [0.15, 0.2) is 11.6 Å². The van der Waals surface area contributed by atoms with Crippen LogP contribution < -0.4 is 10.0 Å². The number of hydrogen-bond acceptors (Lipinski definition) is 5. The molecule has 0 heterocycles. The molecule has 1 fully saturated rings. The lowest BCUT2D eigenvalue weighted by atomic mass is 10.0. The topological polar surface area (TPSA) is 98.7 Å². The molecular formula is C20H22F3IN2O4S. The van der Waals surface area contributed by atoms with Gasteiger partial charge in [-0.2, -0.15) is 0 Å². The second kappa shape index (κ2) is 9.51. The Morgan fingerprint density at radius 1 is 1.13 bits per heavy atom. The van der Waals surface area contributed by atoms with Crippen molar-refractivity contribution in [2.24, 2.45) is 0 Å². The molecule has 0 saturated heterocycles. The van der Waals surface area contributed by atoms with E-state index in [2.05, 4.69) is 10.0 Å². The Bertz CT molecular complexity index is 1090. The first-order chi connectivity index (χ1) is 14.6. The van der Waals surface area contributed by atoms with E-state index in [-0.39, 0.29) is 35.3 Å². The summed E-state index contributed by atoms with van der Waals surface area (Å²) in [5, 5.41) is 21.4. The highest BCUT2D eigenvalue weighted by Gasteiger charge is 2.36. The van der Waals surface area contributed by atoms with E-state index in [1.165, 1.54) is 40.8 Å². The first-order valence-electron chi connectivity index (χ1n) is 9.64. The maximum absolute atomic E-state index is 14.7. The van der Waals surface area contributed by atoms with E-state index in [0.29, 0.717) is 12.8 Å². The molecule has 2 aromatic rings. The number of nitrogens with one attached hydrogen (secondary N) is 2. The quantitative estimate of drug-likeness (QED) is 0.209. The monoisotopic (exact) mass is 570 g/mol. The third-order valence-electron chi connectivity index (χ3n) is 5.02. The van der Waals surface area contributed by atoms with Gasteiger partial charge in [0, 0.05) is 23.2 Å². The number of anilines is 3. The molecule has 31 heavy (non-hydrogen) atoms. The Hall–Kier alpha value is -1.57. The van der Waals surface area contributed by atoms with Crippen molar-refractivity contribution in [3.8, 4) is 0 Å². The van der Waals surface area contributed by atoms with Gasteiger partial charge in [0.2, 0.25) is 10.0 Å². The number of benzene rings is 2. The normalized spacial score (nSPS) is 15.1. The molecule has 4 N–H and O–H groups in total. The lowest BCUT2D eigenvalue weighted by molar-refractivity contribution is 0.0957. The predicted octanol–water partition coefficient (Wildman–Crippen LogP) is 3.81. The van der Waals surface area contributed by atoms with Crippen molar-refractivity contribution in [2.75, 3.05) is 16.6 Å². The molecule has 170 valence electrons. The smallest absolute Gasteiger partial charge is 0.235 e. The SMILES string of the molecule is CCc1c(F)c(I)c(F)c(F)c1Nc1cccc(NS(=O)(=O)C2CC2)c1CC(O)CO. The summed E-state index contributed by atoms with van der Waals surface area (Å²) in [4.78, 5) is 0. The van der Waals surface area contributed by atoms with Crippen molar-refractivity contribution >= 4 is 49.7 Å². The highest BCUT2D eigenvalue weighted by Crippen LogP contribution is 2.37. The van der Waals surface area contributed by atoms with E-state index < -0.39 is 54.7 Å². The van der Waals surface area contributed by atoms with Crippen LogP contribution in [0.5, 0.6) is 0 Å². The van der Waals surface area contributed by atoms with Gasteiger partial charge in [-0.15, -0.1) is 0 Å². The average molecular weight is 570 g/mol. The molecule has 1 aliphatic rings. The fourth-order valence-electron chi connectivity index (χ4n) is 3.21. The molecular weight excluding hydrogens is 548 g/mol. The largest absolute Gasteiger partial charge is 0.394 e. The van der Waals surface area contributed by atoms with Crippen LogP contribution in [0.1, 0.15) is 30.9 Å². The molecule has 0 bridgehead atoms. The molecule has 3 rings (SSSR count). The zero-order valence-corrected chi connectivity index (χ0v) is 19.5. The average Bonchev–Trinajstić information content (AvgIpc) is 3.58. The summed E-state index contributed by atoms with van der Waals surface area (Å²) in [5.41, 5.74) is 0.0429. The molecule has 0 amide bonds. The van der Waals surface area contributed by atoms with Crippen molar-refractivity contribution in [3.05, 3.63) is 50.3 Å². The fourth-order valence-corrected chi connectivity index (χ4v) is 5.19. The molecule has 0 spiro atoms. The van der Waals surface area contributed by atoms with Gasteiger partial charge in [0.05, 0.1) is 32.9 Å². The van der Waals surface area contributed by atoms with Crippen molar-refractivity contribution in [2.45, 2.75) is 44.0 Å². The van der Waals surface area contributed by atoms with E-state index in [1.807, 2.05) is 0 Å². The molecule has 1 unspecified atom stereocenters. The molecule has 2 aromatic carbocycles. The number of rotatable bonds is 9. The molecule has 1 atom stereocenters. The third kappa shape index (κ3) is 5.10. The van der Waals surface area contributed by atoms with Crippen LogP contribution in [0.3, 0.4) is 0 Å². The summed E-state index contributed by atoms with van der Waals surface area (Å²) in [6.07, 6.45) is -0.264. The number of hydrogen-bond donors (Lipinski definition) is 4. The number of aliphatic hydroxyl groups is 2. The van der Waals surface area contributed by atoms with Crippen LogP contribution in [0, 0.1) is 21.0 Å². The Labute approximate surface area is 192 Å². The number of sulfonamides is 1. The summed E-state index contributed by atoms with van der Waals surface area (Å²) >= 11 is 1.40. The Morgan fingerprint density at radius 2 is 1.77 bits per heavy atom. The van der Waals surface area contributed by atoms with Crippen LogP contribution in [-0.2, 0) is 22.9 Å². The van der Waals surface area contributed by atoms with Gasteiger partial charge >= 0.3 is 0 Å². The van der Waals surface area contributed by atoms with Crippen molar-refractivity contribution in [1.82, 2.24) is 0 Å². The summed E-state index contributed by atoms with van der Waals surface area (Å²) in [6, 6.07) is 4.43. The van der Waals surface area contributed by atoms with Crippen LogP contribution in [0.4, 0.5) is 30.2 Å². The van der Waals surface area contributed by atoms with Crippen molar-refractivity contribution in [1.29, 1.82) is 0 Å². The highest BCUT2D eigenvalue weighted by molar-refractivity contribution is 14.1. The summed E-state index contributed by atoms with van der Waals surface area (Å²) in [7, 11) is -3.65. The van der Waals surface area contributed by atoms with E-state index in [0.717, 1.165) is 0 Å². The van der Waals surface area contributed by atoms with Gasteiger partial charge < -0.3 is 15.5 Å². The molecule has 6 nitrogen and oxygen atoms in total.